The molecule has 0 unspecified atom stereocenters. The van der Waals surface area contributed by atoms with E-state index in [1.165, 1.54) is 18.2 Å². The van der Waals surface area contributed by atoms with Crippen LogP contribution in [-0.4, -0.2) is 26.6 Å². The van der Waals surface area contributed by atoms with Gasteiger partial charge >= 0.3 is 0 Å². The van der Waals surface area contributed by atoms with Crippen LogP contribution in [0.4, 0.5) is 13.2 Å². The largest absolute Gasteiger partial charge is 0.490 e. The van der Waals surface area contributed by atoms with Gasteiger partial charge in [0.05, 0.1) is 19.8 Å². The third kappa shape index (κ3) is 5.29. The number of allylic oxidation sites excluding steroid dienone is 1. The highest BCUT2D eigenvalue weighted by atomic mass is 19.2. The van der Waals surface area contributed by atoms with Crippen LogP contribution in [-0.2, 0) is 9.47 Å². The van der Waals surface area contributed by atoms with Crippen molar-refractivity contribution < 1.29 is 27.4 Å². The van der Waals surface area contributed by atoms with Crippen molar-refractivity contribution in [1.82, 2.24) is 0 Å². The third-order valence-electron chi connectivity index (χ3n) is 5.60. The zero-order valence-corrected chi connectivity index (χ0v) is 18.3. The van der Waals surface area contributed by atoms with Crippen LogP contribution in [0, 0.1) is 17.5 Å². The van der Waals surface area contributed by atoms with Gasteiger partial charge in [-0.15, -0.1) is 0 Å². The Bertz CT molecular complexity index is 1120. The molecule has 0 radical (unpaired) electrons. The molecule has 3 aromatic rings. The van der Waals surface area contributed by atoms with Crippen LogP contribution < -0.4 is 4.74 Å². The Hall–Kier alpha value is -3.09. The van der Waals surface area contributed by atoms with E-state index in [1.54, 1.807) is 30.3 Å². The summed E-state index contributed by atoms with van der Waals surface area (Å²) in [4.78, 5) is 0. The molecule has 1 fully saturated rings. The quantitative estimate of drug-likeness (QED) is 0.288. The van der Waals surface area contributed by atoms with Gasteiger partial charge < -0.3 is 14.2 Å². The number of halogens is 3. The molecule has 0 saturated carbocycles. The van der Waals surface area contributed by atoms with Crippen molar-refractivity contribution in [3.63, 3.8) is 0 Å². The lowest BCUT2D eigenvalue weighted by Crippen LogP contribution is -2.22. The van der Waals surface area contributed by atoms with E-state index in [0.29, 0.717) is 36.3 Å². The Kier molecular flexibility index (Phi) is 7.47. The minimum absolute atomic E-state index is 0.00221. The number of hydrogen-bond donors (Lipinski definition) is 0. The van der Waals surface area contributed by atoms with Crippen LogP contribution in [0.5, 0.6) is 5.75 Å². The van der Waals surface area contributed by atoms with Crippen molar-refractivity contribution in [3.8, 4) is 28.0 Å². The van der Waals surface area contributed by atoms with E-state index < -0.39 is 11.6 Å². The summed E-state index contributed by atoms with van der Waals surface area (Å²) in [7, 11) is 0. The second kappa shape index (κ2) is 10.7. The van der Waals surface area contributed by atoms with E-state index in [1.807, 2.05) is 25.1 Å². The van der Waals surface area contributed by atoms with E-state index >= 15 is 0 Å². The number of hydrogen-bond acceptors (Lipinski definition) is 3. The Morgan fingerprint density at radius 1 is 0.879 bits per heavy atom. The molecule has 3 aromatic carbocycles. The summed E-state index contributed by atoms with van der Waals surface area (Å²) in [5.41, 5.74) is 2.50. The van der Waals surface area contributed by atoms with Gasteiger partial charge in [-0.25, -0.2) is 8.78 Å². The first-order valence-electron chi connectivity index (χ1n) is 10.9. The van der Waals surface area contributed by atoms with Crippen LogP contribution in [0.3, 0.4) is 0 Å². The maximum absolute atomic E-state index is 14.8. The lowest BCUT2D eigenvalue weighted by atomic mass is 9.95. The topological polar surface area (TPSA) is 27.7 Å². The molecule has 0 amide bonds. The van der Waals surface area contributed by atoms with Gasteiger partial charge in [-0.05, 0) is 48.2 Å². The lowest BCUT2D eigenvalue weighted by Gasteiger charge is -2.23. The summed E-state index contributed by atoms with van der Waals surface area (Å²) in [5.74, 6) is -2.47. The van der Waals surface area contributed by atoms with E-state index in [-0.39, 0.29) is 36.4 Å². The Labute approximate surface area is 191 Å². The van der Waals surface area contributed by atoms with Crippen LogP contribution in [0.1, 0.15) is 24.8 Å². The molecule has 0 spiro atoms. The third-order valence-corrected chi connectivity index (χ3v) is 5.60. The highest BCUT2D eigenvalue weighted by Gasteiger charge is 2.19. The van der Waals surface area contributed by atoms with Gasteiger partial charge in [0.15, 0.2) is 11.6 Å². The molecule has 6 heteroatoms. The lowest BCUT2D eigenvalue weighted by molar-refractivity contribution is -0.108. The Morgan fingerprint density at radius 3 is 2.21 bits per heavy atom. The maximum Gasteiger partial charge on any atom is 0.201 e. The fourth-order valence-electron chi connectivity index (χ4n) is 3.80. The monoisotopic (exact) mass is 454 g/mol. The van der Waals surface area contributed by atoms with E-state index in [4.69, 9.17) is 14.2 Å². The molecule has 1 aliphatic heterocycles. The first kappa shape index (κ1) is 23.1. The molecule has 1 heterocycles. The van der Waals surface area contributed by atoms with Gasteiger partial charge in [-0.3, -0.25) is 0 Å². The van der Waals surface area contributed by atoms with E-state index in [2.05, 4.69) is 0 Å². The van der Waals surface area contributed by atoms with Gasteiger partial charge in [0, 0.05) is 17.0 Å². The molecule has 0 bridgehead atoms. The molecule has 33 heavy (non-hydrogen) atoms. The summed E-state index contributed by atoms with van der Waals surface area (Å²) in [5, 5.41) is 0. The zero-order valence-electron chi connectivity index (χ0n) is 18.3. The predicted octanol–water partition coefficient (Wildman–Crippen LogP) is 6.87. The average molecular weight is 454 g/mol. The molecule has 0 atom stereocenters. The molecule has 1 aliphatic rings. The fraction of sp³-hybridized carbons (Fsp3) is 0.259. The summed E-state index contributed by atoms with van der Waals surface area (Å²) in [6.45, 7) is 3.40. The Morgan fingerprint density at radius 2 is 1.55 bits per heavy atom. The second-order valence-corrected chi connectivity index (χ2v) is 7.82. The minimum atomic E-state index is -1.02. The first-order valence-corrected chi connectivity index (χ1v) is 10.9. The van der Waals surface area contributed by atoms with Gasteiger partial charge in [0.2, 0.25) is 5.82 Å². The standard InChI is InChI=1S/C27H25F3O3/c1-2-3-4-13-33-25-12-11-23(26(29)27(25)30)19-7-5-18(6-8-19)22-10-9-20(14-24(22)28)21-15-31-17-32-16-21/h2-3,5-12,14,21H,4,13,15-17H2,1H3/b3-2-. The van der Waals surface area contributed by atoms with Crippen molar-refractivity contribution in [2.24, 2.45) is 0 Å². The molecular formula is C27H25F3O3. The number of benzene rings is 3. The van der Waals surface area contributed by atoms with Crippen LogP contribution in [0.25, 0.3) is 22.3 Å². The zero-order chi connectivity index (χ0) is 23.2. The molecule has 0 N–H and O–H groups in total. The van der Waals surface area contributed by atoms with Crippen molar-refractivity contribution in [1.29, 1.82) is 0 Å². The predicted molar refractivity (Wildman–Crippen MR) is 122 cm³/mol. The van der Waals surface area contributed by atoms with E-state index in [9.17, 15) is 13.2 Å². The Balaban J connectivity index is 1.52. The van der Waals surface area contributed by atoms with Gasteiger partial charge in [-0.1, -0.05) is 48.6 Å². The smallest absolute Gasteiger partial charge is 0.201 e. The van der Waals surface area contributed by atoms with Crippen molar-refractivity contribution in [3.05, 3.63) is 89.8 Å². The van der Waals surface area contributed by atoms with Gasteiger partial charge in [0.25, 0.3) is 0 Å². The van der Waals surface area contributed by atoms with Crippen LogP contribution >= 0.6 is 0 Å². The molecule has 4 rings (SSSR count). The van der Waals surface area contributed by atoms with Crippen LogP contribution in [0.2, 0.25) is 0 Å². The molecule has 172 valence electrons. The van der Waals surface area contributed by atoms with Crippen molar-refractivity contribution in [2.75, 3.05) is 26.6 Å². The van der Waals surface area contributed by atoms with Gasteiger partial charge in [0.1, 0.15) is 12.6 Å². The molecule has 0 aliphatic carbocycles. The van der Waals surface area contributed by atoms with Gasteiger partial charge in [-0.2, -0.15) is 4.39 Å². The molecule has 0 aromatic heterocycles. The van der Waals surface area contributed by atoms with Crippen LogP contribution in [0.15, 0.2) is 66.7 Å². The SMILES string of the molecule is C/C=C\CCOc1ccc(-c2ccc(-c3ccc(C4COCOC4)cc3F)cc2)c(F)c1F. The molecular weight excluding hydrogens is 429 g/mol. The summed E-state index contributed by atoms with van der Waals surface area (Å²) in [6, 6.07) is 14.7. The normalized spacial score (nSPS) is 14.7. The number of rotatable bonds is 7. The summed E-state index contributed by atoms with van der Waals surface area (Å²) in [6.07, 6.45) is 4.37. The van der Waals surface area contributed by atoms with Crippen molar-refractivity contribution in [2.45, 2.75) is 19.3 Å². The molecule has 3 nitrogen and oxygen atoms in total. The first-order chi connectivity index (χ1) is 16.1. The average Bonchev–Trinajstić information content (AvgIpc) is 2.85. The second-order valence-electron chi connectivity index (χ2n) is 7.82. The highest BCUT2D eigenvalue weighted by molar-refractivity contribution is 5.71. The summed E-state index contributed by atoms with van der Waals surface area (Å²) >= 11 is 0. The maximum atomic E-state index is 14.8. The molecule has 1 saturated heterocycles. The highest BCUT2D eigenvalue weighted by Crippen LogP contribution is 2.33. The van der Waals surface area contributed by atoms with Crippen molar-refractivity contribution >= 4 is 0 Å². The number of ether oxygens (including phenoxy) is 3. The fourth-order valence-corrected chi connectivity index (χ4v) is 3.80. The minimum Gasteiger partial charge on any atom is -0.490 e. The van der Waals surface area contributed by atoms with E-state index in [0.717, 1.165) is 5.56 Å². The summed E-state index contributed by atoms with van der Waals surface area (Å²) < 4.78 is 59.9.